The summed E-state index contributed by atoms with van der Waals surface area (Å²) in [5.74, 6) is 2.78. The Labute approximate surface area is 194 Å². The van der Waals surface area contributed by atoms with Crippen LogP contribution in [0.2, 0.25) is 0 Å². The molecule has 2 aliphatic rings. The number of methoxy groups -OCH3 is 2. The first kappa shape index (κ1) is 22.8. The average Bonchev–Trinajstić information content (AvgIpc) is 3.18. The number of aromatic nitrogens is 2. The van der Waals surface area contributed by atoms with E-state index >= 15 is 0 Å². The van der Waals surface area contributed by atoms with Gasteiger partial charge in [-0.05, 0) is 62.0 Å². The number of nitrogens with zero attached hydrogens (tertiary/aromatic N) is 4. The number of rotatable bonds is 6. The van der Waals surface area contributed by atoms with Crippen LogP contribution in [0.3, 0.4) is 0 Å². The van der Waals surface area contributed by atoms with Gasteiger partial charge < -0.3 is 18.8 Å². The molecule has 32 heavy (non-hydrogen) atoms. The number of carbonyl (C=O) groups excluding carboxylic acids is 1. The van der Waals surface area contributed by atoms with Crippen LogP contribution < -0.4 is 9.47 Å². The molecule has 0 radical (unpaired) electrons. The number of piperidine rings is 2. The van der Waals surface area contributed by atoms with Gasteiger partial charge in [0.25, 0.3) is 4.84 Å². The summed E-state index contributed by atoms with van der Waals surface area (Å²) in [6.45, 7) is 6.31. The number of carbonyl (C=O) groups is 1. The third-order valence-corrected chi connectivity index (χ3v) is 6.77. The van der Waals surface area contributed by atoms with E-state index in [0.717, 1.165) is 51.0 Å². The van der Waals surface area contributed by atoms with Gasteiger partial charge in [-0.25, -0.2) is 4.68 Å². The van der Waals surface area contributed by atoms with Crippen molar-refractivity contribution in [3.63, 3.8) is 0 Å². The van der Waals surface area contributed by atoms with Gasteiger partial charge in [0.2, 0.25) is 11.8 Å². The van der Waals surface area contributed by atoms with Gasteiger partial charge in [0.1, 0.15) is 0 Å². The molecule has 2 fully saturated rings. The predicted octanol–water partition coefficient (Wildman–Crippen LogP) is 3.82. The van der Waals surface area contributed by atoms with Crippen LogP contribution in [0.25, 0.3) is 11.5 Å². The number of amides is 1. The molecule has 0 spiro atoms. The van der Waals surface area contributed by atoms with Crippen LogP contribution in [0.4, 0.5) is 0 Å². The fourth-order valence-electron chi connectivity index (χ4n) is 4.64. The maximum absolute atomic E-state index is 12.9. The summed E-state index contributed by atoms with van der Waals surface area (Å²) < 4.78 is 18.1. The van der Waals surface area contributed by atoms with Gasteiger partial charge in [-0.1, -0.05) is 6.92 Å². The first-order valence-electron chi connectivity index (χ1n) is 11.3. The van der Waals surface area contributed by atoms with Crippen molar-refractivity contribution in [3.05, 3.63) is 23.0 Å². The second kappa shape index (κ2) is 10.0. The molecule has 8 nitrogen and oxygen atoms in total. The van der Waals surface area contributed by atoms with E-state index in [1.807, 2.05) is 18.2 Å². The maximum Gasteiger partial charge on any atom is 0.288 e. The highest BCUT2D eigenvalue weighted by molar-refractivity contribution is 7.71. The van der Waals surface area contributed by atoms with Crippen molar-refractivity contribution in [1.82, 2.24) is 19.6 Å². The van der Waals surface area contributed by atoms with Gasteiger partial charge in [0.15, 0.2) is 11.5 Å². The van der Waals surface area contributed by atoms with Crippen LogP contribution in [-0.2, 0) is 11.5 Å². The van der Waals surface area contributed by atoms with E-state index in [9.17, 15) is 4.79 Å². The molecule has 174 valence electrons. The molecule has 3 heterocycles. The van der Waals surface area contributed by atoms with E-state index in [1.54, 1.807) is 18.9 Å². The Balaban J connectivity index is 1.36. The first-order chi connectivity index (χ1) is 15.5. The Bertz CT molecular complexity index is 996. The van der Waals surface area contributed by atoms with E-state index in [2.05, 4.69) is 21.8 Å². The van der Waals surface area contributed by atoms with Crippen molar-refractivity contribution < 1.29 is 18.7 Å². The second-order valence-corrected chi connectivity index (χ2v) is 9.16. The summed E-state index contributed by atoms with van der Waals surface area (Å²) >= 11 is 5.40. The van der Waals surface area contributed by atoms with Crippen molar-refractivity contribution in [1.29, 1.82) is 0 Å². The Kier molecular flexibility index (Phi) is 7.15. The summed E-state index contributed by atoms with van der Waals surface area (Å²) in [6.07, 6.45) is 4.10. The van der Waals surface area contributed by atoms with Gasteiger partial charge in [0.05, 0.1) is 20.9 Å². The molecule has 0 N–H and O–H groups in total. The summed E-state index contributed by atoms with van der Waals surface area (Å²) in [6, 6.07) is 5.50. The van der Waals surface area contributed by atoms with Crippen LogP contribution in [0.1, 0.15) is 32.6 Å². The molecule has 1 aromatic heterocycles. The number of ether oxygens (including phenoxy) is 2. The smallest absolute Gasteiger partial charge is 0.288 e. The molecule has 9 heteroatoms. The monoisotopic (exact) mass is 460 g/mol. The van der Waals surface area contributed by atoms with Crippen molar-refractivity contribution in [2.45, 2.75) is 39.3 Å². The maximum atomic E-state index is 12.9. The summed E-state index contributed by atoms with van der Waals surface area (Å²) in [5, 5.41) is 4.57. The van der Waals surface area contributed by atoms with Crippen LogP contribution in [0.5, 0.6) is 11.5 Å². The Morgan fingerprint density at radius 3 is 2.59 bits per heavy atom. The lowest BCUT2D eigenvalue weighted by atomic mass is 9.93. The minimum absolute atomic E-state index is 0.129. The largest absolute Gasteiger partial charge is 0.493 e. The molecular formula is C23H32N4O4S. The van der Waals surface area contributed by atoms with Crippen LogP contribution in [0, 0.1) is 16.7 Å². The summed E-state index contributed by atoms with van der Waals surface area (Å²) in [4.78, 5) is 17.6. The van der Waals surface area contributed by atoms with Crippen LogP contribution >= 0.6 is 12.2 Å². The number of hydrogen-bond donors (Lipinski definition) is 0. The third-order valence-electron chi connectivity index (χ3n) is 6.48. The van der Waals surface area contributed by atoms with Crippen molar-refractivity contribution in [2.75, 3.05) is 40.4 Å². The SMILES string of the molecule is COc1ccc(-c2nn(CN3CCC(C(=O)N4CCCC(C)C4)CC3)c(=S)o2)cc1OC. The molecule has 1 unspecified atom stereocenters. The Morgan fingerprint density at radius 1 is 1.16 bits per heavy atom. The molecule has 0 bridgehead atoms. The topological polar surface area (TPSA) is 73.0 Å². The van der Waals surface area contributed by atoms with E-state index in [0.29, 0.717) is 40.7 Å². The van der Waals surface area contributed by atoms with Crippen molar-refractivity contribution in [3.8, 4) is 23.0 Å². The second-order valence-electron chi connectivity index (χ2n) is 8.81. The Hall–Kier alpha value is -2.39. The molecule has 0 saturated carbocycles. The van der Waals surface area contributed by atoms with Gasteiger partial charge in [-0.3, -0.25) is 9.69 Å². The zero-order valence-corrected chi connectivity index (χ0v) is 19.9. The van der Waals surface area contributed by atoms with Crippen LogP contribution in [-0.4, -0.2) is 65.9 Å². The number of likely N-dealkylation sites (tertiary alicyclic amines) is 2. The first-order valence-corrected chi connectivity index (χ1v) is 11.7. The standard InChI is InChI=1S/C23H32N4O4S/c1-16-5-4-10-26(14-16)22(28)17-8-11-25(12-9-17)15-27-23(32)31-21(24-27)18-6-7-19(29-2)20(13-18)30-3/h6-7,13,16-17H,4-5,8-12,14-15H2,1-3H3. The molecule has 1 atom stereocenters. The number of benzene rings is 1. The average molecular weight is 461 g/mol. The lowest BCUT2D eigenvalue weighted by Gasteiger charge is -2.37. The zero-order valence-electron chi connectivity index (χ0n) is 19.1. The lowest BCUT2D eigenvalue weighted by Crippen LogP contribution is -2.46. The van der Waals surface area contributed by atoms with Gasteiger partial charge in [-0.15, -0.1) is 5.10 Å². The normalized spacial score (nSPS) is 20.3. The molecule has 1 amide bonds. The highest BCUT2D eigenvalue weighted by Gasteiger charge is 2.30. The van der Waals surface area contributed by atoms with E-state index in [4.69, 9.17) is 26.1 Å². The van der Waals surface area contributed by atoms with Gasteiger partial charge in [-0.2, -0.15) is 0 Å². The lowest BCUT2D eigenvalue weighted by molar-refractivity contribution is -0.139. The Morgan fingerprint density at radius 2 is 1.91 bits per heavy atom. The fourth-order valence-corrected chi connectivity index (χ4v) is 4.82. The summed E-state index contributed by atoms with van der Waals surface area (Å²) in [7, 11) is 3.19. The molecule has 0 aliphatic carbocycles. The van der Waals surface area contributed by atoms with Crippen molar-refractivity contribution >= 4 is 18.1 Å². The summed E-state index contributed by atoms with van der Waals surface area (Å²) in [5.41, 5.74) is 0.771. The molecule has 4 rings (SSSR count). The minimum atomic E-state index is 0.129. The number of hydrogen-bond acceptors (Lipinski definition) is 7. The highest BCUT2D eigenvalue weighted by atomic mass is 32.1. The highest BCUT2D eigenvalue weighted by Crippen LogP contribution is 2.32. The fraction of sp³-hybridized carbons (Fsp3) is 0.609. The quantitative estimate of drug-likeness (QED) is 0.607. The molecular weight excluding hydrogens is 428 g/mol. The van der Waals surface area contributed by atoms with Gasteiger partial charge in [0, 0.05) is 37.7 Å². The van der Waals surface area contributed by atoms with Gasteiger partial charge >= 0.3 is 0 Å². The van der Waals surface area contributed by atoms with E-state index in [-0.39, 0.29) is 5.92 Å². The van der Waals surface area contributed by atoms with E-state index < -0.39 is 0 Å². The molecule has 2 saturated heterocycles. The van der Waals surface area contributed by atoms with Crippen LogP contribution in [0.15, 0.2) is 22.6 Å². The molecule has 2 aliphatic heterocycles. The predicted molar refractivity (Wildman–Crippen MR) is 123 cm³/mol. The molecule has 1 aromatic carbocycles. The zero-order chi connectivity index (χ0) is 22.7. The molecule has 2 aromatic rings. The third kappa shape index (κ3) is 4.99. The minimum Gasteiger partial charge on any atom is -0.493 e. The van der Waals surface area contributed by atoms with E-state index in [1.165, 1.54) is 6.42 Å². The van der Waals surface area contributed by atoms with Crippen molar-refractivity contribution in [2.24, 2.45) is 11.8 Å².